The summed E-state index contributed by atoms with van der Waals surface area (Å²) in [7, 11) is 3.32. The first kappa shape index (κ1) is 16.6. The molecule has 1 rings (SSSR count). The summed E-state index contributed by atoms with van der Waals surface area (Å²) >= 11 is 0. The summed E-state index contributed by atoms with van der Waals surface area (Å²) in [4.78, 5) is 2.09. The van der Waals surface area contributed by atoms with Crippen LogP contribution in [0.15, 0.2) is 30.3 Å². The van der Waals surface area contributed by atoms with Crippen LogP contribution in [0.25, 0.3) is 0 Å². The van der Waals surface area contributed by atoms with Gasteiger partial charge >= 0.3 is 0 Å². The van der Waals surface area contributed by atoms with E-state index >= 15 is 0 Å². The van der Waals surface area contributed by atoms with Crippen molar-refractivity contribution >= 4 is 0 Å². The van der Waals surface area contributed by atoms with E-state index in [1.54, 1.807) is 14.2 Å². The molecule has 0 aliphatic rings. The second-order valence-corrected chi connectivity index (χ2v) is 4.71. The number of hydrogen-bond donors (Lipinski definition) is 1. The third-order valence-corrected chi connectivity index (χ3v) is 3.18. The van der Waals surface area contributed by atoms with Crippen LogP contribution in [-0.4, -0.2) is 52.0 Å². The van der Waals surface area contributed by atoms with Crippen LogP contribution >= 0.6 is 0 Å². The number of ether oxygens (including phenoxy) is 2. The highest BCUT2D eigenvalue weighted by Gasteiger charge is 2.29. The topological polar surface area (TPSA) is 71.5 Å². The number of benzene rings is 1. The van der Waals surface area contributed by atoms with Crippen molar-refractivity contribution in [1.82, 2.24) is 4.90 Å². The molecule has 5 nitrogen and oxygen atoms in total. The fraction of sp³-hybridized carbons (Fsp3) is 0.533. The van der Waals surface area contributed by atoms with Crippen molar-refractivity contribution in [3.05, 3.63) is 35.9 Å². The molecule has 0 heterocycles. The summed E-state index contributed by atoms with van der Waals surface area (Å²) in [6, 6.07) is 11.7. The quantitative estimate of drug-likeness (QED) is 0.728. The molecule has 0 fully saturated rings. The maximum Gasteiger partial charge on any atom is 0.142 e. The molecule has 0 amide bonds. The van der Waals surface area contributed by atoms with Crippen LogP contribution in [0, 0.1) is 11.3 Å². The van der Waals surface area contributed by atoms with Crippen LogP contribution in [0.5, 0.6) is 0 Å². The summed E-state index contributed by atoms with van der Waals surface area (Å²) in [5.41, 5.74) is 6.08. The predicted molar refractivity (Wildman–Crippen MR) is 78.1 cm³/mol. The van der Waals surface area contributed by atoms with E-state index in [0.717, 1.165) is 5.56 Å². The van der Waals surface area contributed by atoms with Gasteiger partial charge in [0.2, 0.25) is 0 Å². The van der Waals surface area contributed by atoms with E-state index in [2.05, 4.69) is 11.0 Å². The first-order valence-electron chi connectivity index (χ1n) is 6.62. The van der Waals surface area contributed by atoms with E-state index in [0.29, 0.717) is 32.8 Å². The van der Waals surface area contributed by atoms with E-state index in [9.17, 15) is 5.26 Å². The van der Waals surface area contributed by atoms with Gasteiger partial charge in [-0.05, 0) is 5.56 Å². The molecular formula is C15H23N3O2. The molecule has 1 aromatic rings. The van der Waals surface area contributed by atoms with Crippen LogP contribution in [0.1, 0.15) is 5.56 Å². The summed E-state index contributed by atoms with van der Waals surface area (Å²) in [5.74, 6) is 0. The van der Waals surface area contributed by atoms with Gasteiger partial charge in [0.15, 0.2) is 0 Å². The minimum atomic E-state index is -1.03. The molecule has 1 aromatic carbocycles. The van der Waals surface area contributed by atoms with Gasteiger partial charge in [-0.25, -0.2) is 0 Å². The SMILES string of the molecule is COCCN(CCOC)CC(N)(C#N)c1ccccc1. The molecule has 110 valence electrons. The molecule has 2 N–H and O–H groups in total. The number of rotatable bonds is 9. The number of methoxy groups -OCH3 is 2. The summed E-state index contributed by atoms with van der Waals surface area (Å²) in [5, 5.41) is 9.47. The molecule has 0 spiro atoms. The highest BCUT2D eigenvalue weighted by atomic mass is 16.5. The van der Waals surface area contributed by atoms with Crippen LogP contribution in [0.3, 0.4) is 0 Å². The summed E-state index contributed by atoms with van der Waals surface area (Å²) in [6.07, 6.45) is 0. The molecule has 1 unspecified atom stereocenters. The fourth-order valence-electron chi connectivity index (χ4n) is 1.99. The van der Waals surface area contributed by atoms with Gasteiger partial charge in [0, 0.05) is 33.9 Å². The van der Waals surface area contributed by atoms with Crippen molar-refractivity contribution in [1.29, 1.82) is 5.26 Å². The van der Waals surface area contributed by atoms with Gasteiger partial charge in [-0.2, -0.15) is 5.26 Å². The Bertz CT molecular complexity index is 411. The molecule has 0 aromatic heterocycles. The lowest BCUT2D eigenvalue weighted by atomic mass is 9.92. The third kappa shape index (κ3) is 4.91. The van der Waals surface area contributed by atoms with Crippen molar-refractivity contribution in [3.8, 4) is 6.07 Å². The molecule has 0 radical (unpaired) electrons. The molecule has 0 saturated heterocycles. The maximum absolute atomic E-state index is 9.47. The van der Waals surface area contributed by atoms with Crippen LogP contribution in [0.4, 0.5) is 0 Å². The molecule has 0 bridgehead atoms. The normalized spacial score (nSPS) is 13.9. The number of nitrogens with two attached hydrogens (primary N) is 1. The smallest absolute Gasteiger partial charge is 0.142 e. The van der Waals surface area contributed by atoms with E-state index in [-0.39, 0.29) is 0 Å². The van der Waals surface area contributed by atoms with E-state index in [1.165, 1.54) is 0 Å². The van der Waals surface area contributed by atoms with Gasteiger partial charge in [0.1, 0.15) is 5.54 Å². The molecule has 20 heavy (non-hydrogen) atoms. The van der Waals surface area contributed by atoms with Crippen molar-refractivity contribution in [3.63, 3.8) is 0 Å². The highest BCUT2D eigenvalue weighted by molar-refractivity contribution is 5.31. The monoisotopic (exact) mass is 277 g/mol. The summed E-state index contributed by atoms with van der Waals surface area (Å²) < 4.78 is 10.2. The van der Waals surface area contributed by atoms with Gasteiger partial charge in [0.25, 0.3) is 0 Å². The minimum Gasteiger partial charge on any atom is -0.383 e. The fourth-order valence-corrected chi connectivity index (χ4v) is 1.99. The largest absolute Gasteiger partial charge is 0.383 e. The van der Waals surface area contributed by atoms with Gasteiger partial charge in [-0.15, -0.1) is 0 Å². The minimum absolute atomic E-state index is 0.445. The lowest BCUT2D eigenvalue weighted by Gasteiger charge is -2.30. The molecule has 0 saturated carbocycles. The molecular weight excluding hydrogens is 254 g/mol. The van der Waals surface area contributed by atoms with E-state index in [4.69, 9.17) is 15.2 Å². The number of nitrogens with zero attached hydrogens (tertiary/aromatic N) is 2. The van der Waals surface area contributed by atoms with E-state index < -0.39 is 5.54 Å². The Hall–Kier alpha value is -1.45. The predicted octanol–water partition coefficient (Wildman–Crippen LogP) is 0.959. The Morgan fingerprint density at radius 1 is 1.15 bits per heavy atom. The molecule has 1 atom stereocenters. The van der Waals surface area contributed by atoms with Crippen LogP contribution in [-0.2, 0) is 15.0 Å². The van der Waals surface area contributed by atoms with Crippen LogP contribution < -0.4 is 5.73 Å². The van der Waals surface area contributed by atoms with Crippen molar-refractivity contribution in [2.75, 3.05) is 47.1 Å². The average molecular weight is 277 g/mol. The summed E-state index contributed by atoms with van der Waals surface area (Å²) in [6.45, 7) is 3.07. The second-order valence-electron chi connectivity index (χ2n) is 4.71. The Morgan fingerprint density at radius 2 is 1.70 bits per heavy atom. The lowest BCUT2D eigenvalue weighted by Crippen LogP contribution is -2.48. The first-order chi connectivity index (χ1) is 9.66. The van der Waals surface area contributed by atoms with Crippen molar-refractivity contribution in [2.45, 2.75) is 5.54 Å². The van der Waals surface area contributed by atoms with Crippen LogP contribution in [0.2, 0.25) is 0 Å². The zero-order valence-electron chi connectivity index (χ0n) is 12.2. The average Bonchev–Trinajstić information content (AvgIpc) is 2.50. The standard InChI is InChI=1S/C15H23N3O2/c1-19-10-8-18(9-11-20-2)13-15(17,12-16)14-6-4-3-5-7-14/h3-7H,8-11,13,17H2,1-2H3. The zero-order chi connectivity index (χ0) is 14.8. The van der Waals surface area contributed by atoms with Gasteiger partial charge in [0.05, 0.1) is 19.3 Å². The second kappa shape index (κ2) is 8.67. The zero-order valence-corrected chi connectivity index (χ0v) is 12.2. The maximum atomic E-state index is 9.47. The van der Waals surface area contributed by atoms with Crippen molar-refractivity contribution < 1.29 is 9.47 Å². The lowest BCUT2D eigenvalue weighted by molar-refractivity contribution is 0.105. The number of nitriles is 1. The first-order valence-corrected chi connectivity index (χ1v) is 6.62. The number of hydrogen-bond acceptors (Lipinski definition) is 5. The molecule has 0 aliphatic carbocycles. The van der Waals surface area contributed by atoms with Crippen molar-refractivity contribution in [2.24, 2.45) is 5.73 Å². The Morgan fingerprint density at radius 3 is 2.15 bits per heavy atom. The Balaban J connectivity index is 2.79. The Labute approximate surface area is 120 Å². The van der Waals surface area contributed by atoms with E-state index in [1.807, 2.05) is 30.3 Å². The Kier molecular flexibility index (Phi) is 7.20. The van der Waals surface area contributed by atoms with Gasteiger partial charge in [-0.3, -0.25) is 4.90 Å². The molecule has 0 aliphatic heterocycles. The van der Waals surface area contributed by atoms with Gasteiger partial charge in [-0.1, -0.05) is 30.3 Å². The highest BCUT2D eigenvalue weighted by Crippen LogP contribution is 2.18. The van der Waals surface area contributed by atoms with Gasteiger partial charge < -0.3 is 15.2 Å². The molecule has 5 heteroatoms. The third-order valence-electron chi connectivity index (χ3n) is 3.18.